The Hall–Kier alpha value is -2.31. The zero-order chi connectivity index (χ0) is 21.0. The van der Waals surface area contributed by atoms with Gasteiger partial charge in [0.1, 0.15) is 5.75 Å². The Morgan fingerprint density at radius 1 is 1.00 bits per heavy atom. The normalized spacial score (nSPS) is 19.3. The Morgan fingerprint density at radius 2 is 1.59 bits per heavy atom. The largest absolute Gasteiger partial charge is 0.493 e. The van der Waals surface area contributed by atoms with Gasteiger partial charge in [-0.25, -0.2) is 4.79 Å². The van der Waals surface area contributed by atoms with Crippen LogP contribution in [0.2, 0.25) is 0 Å². The summed E-state index contributed by atoms with van der Waals surface area (Å²) in [6.07, 6.45) is 0. The average Bonchev–Trinajstić information content (AvgIpc) is 3.05. The molecule has 2 amide bonds. The molecule has 2 aromatic carbocycles. The van der Waals surface area contributed by atoms with Crippen LogP contribution in [0.5, 0.6) is 5.75 Å². The summed E-state index contributed by atoms with van der Waals surface area (Å²) in [4.78, 5) is 19.5. The van der Waals surface area contributed by atoms with Gasteiger partial charge in [0.15, 0.2) is 0 Å². The molecular formula is C23H34N4O2. The first kappa shape index (κ1) is 21.4. The summed E-state index contributed by atoms with van der Waals surface area (Å²) in [6, 6.07) is 11.9. The smallest absolute Gasteiger partial charge is 0.321 e. The van der Waals surface area contributed by atoms with E-state index in [0.717, 1.165) is 48.4 Å². The Labute approximate surface area is 174 Å². The van der Waals surface area contributed by atoms with Crippen LogP contribution in [0.4, 0.5) is 10.5 Å². The summed E-state index contributed by atoms with van der Waals surface area (Å²) >= 11 is 0. The maximum absolute atomic E-state index is 13.1. The van der Waals surface area contributed by atoms with Crippen molar-refractivity contribution in [2.45, 2.75) is 6.92 Å². The maximum atomic E-state index is 13.1. The molecule has 1 N–H and O–H groups in total. The topological polar surface area (TPSA) is 48.1 Å². The molecular weight excluding hydrogens is 364 g/mol. The van der Waals surface area contributed by atoms with Crippen LogP contribution in [-0.4, -0.2) is 81.7 Å². The van der Waals surface area contributed by atoms with Gasteiger partial charge in [0.2, 0.25) is 0 Å². The summed E-state index contributed by atoms with van der Waals surface area (Å²) in [5.74, 6) is 1.81. The van der Waals surface area contributed by atoms with Crippen molar-refractivity contribution in [2.24, 2.45) is 11.8 Å². The third-order valence-electron chi connectivity index (χ3n) is 5.49. The second-order valence-electron chi connectivity index (χ2n) is 8.47. The van der Waals surface area contributed by atoms with Gasteiger partial charge in [-0.2, -0.15) is 0 Å². The number of benzene rings is 2. The van der Waals surface area contributed by atoms with E-state index in [9.17, 15) is 4.79 Å². The highest BCUT2D eigenvalue weighted by atomic mass is 16.5. The third-order valence-corrected chi connectivity index (χ3v) is 5.49. The fourth-order valence-corrected chi connectivity index (χ4v) is 4.31. The van der Waals surface area contributed by atoms with Crippen LogP contribution in [-0.2, 0) is 0 Å². The minimum Gasteiger partial charge on any atom is -0.493 e. The first-order valence-corrected chi connectivity index (χ1v) is 10.4. The molecule has 2 atom stereocenters. The lowest BCUT2D eigenvalue weighted by Crippen LogP contribution is -2.34. The monoisotopic (exact) mass is 398 g/mol. The quantitative estimate of drug-likeness (QED) is 0.776. The number of anilines is 1. The second kappa shape index (κ2) is 9.46. The van der Waals surface area contributed by atoms with Gasteiger partial charge in [-0.15, -0.1) is 0 Å². The molecule has 0 radical (unpaired) electrons. The second-order valence-corrected chi connectivity index (χ2v) is 8.47. The van der Waals surface area contributed by atoms with Crippen molar-refractivity contribution in [3.63, 3.8) is 0 Å². The van der Waals surface area contributed by atoms with Gasteiger partial charge < -0.3 is 24.8 Å². The van der Waals surface area contributed by atoms with Gasteiger partial charge in [0.25, 0.3) is 0 Å². The van der Waals surface area contributed by atoms with Crippen LogP contribution in [0.25, 0.3) is 10.8 Å². The van der Waals surface area contributed by atoms with E-state index in [1.807, 2.05) is 48.2 Å². The Bertz CT molecular complexity index is 819. The molecule has 1 heterocycles. The van der Waals surface area contributed by atoms with Gasteiger partial charge in [-0.05, 0) is 59.1 Å². The molecule has 0 unspecified atom stereocenters. The molecule has 1 saturated heterocycles. The molecule has 0 spiro atoms. The number of likely N-dealkylation sites (tertiary alicyclic amines) is 1. The summed E-state index contributed by atoms with van der Waals surface area (Å²) in [5.41, 5.74) is 0.828. The van der Waals surface area contributed by atoms with Crippen LogP contribution >= 0.6 is 0 Å². The molecule has 0 saturated carbocycles. The van der Waals surface area contributed by atoms with Gasteiger partial charge >= 0.3 is 6.03 Å². The number of rotatable bonds is 7. The van der Waals surface area contributed by atoms with Gasteiger partial charge in [0, 0.05) is 37.0 Å². The summed E-state index contributed by atoms with van der Waals surface area (Å²) in [6.45, 7) is 6.16. The first-order valence-electron chi connectivity index (χ1n) is 10.4. The molecule has 158 valence electrons. The van der Waals surface area contributed by atoms with Crippen molar-refractivity contribution in [3.05, 3.63) is 36.4 Å². The number of hydrogen-bond acceptors (Lipinski definition) is 4. The number of nitrogens with one attached hydrogen (secondary N) is 1. The number of carbonyl (C=O) groups excluding carboxylic acids is 1. The molecule has 1 aliphatic heterocycles. The lowest BCUT2D eigenvalue weighted by Gasteiger charge is -2.24. The van der Waals surface area contributed by atoms with Crippen molar-refractivity contribution in [1.29, 1.82) is 0 Å². The predicted molar refractivity (Wildman–Crippen MR) is 120 cm³/mol. The highest BCUT2D eigenvalue weighted by molar-refractivity contribution is 6.03. The number of carbonyl (C=O) groups is 1. The lowest BCUT2D eigenvalue weighted by atomic mass is 9.95. The van der Waals surface area contributed by atoms with Crippen molar-refractivity contribution in [3.8, 4) is 5.75 Å². The predicted octanol–water partition coefficient (Wildman–Crippen LogP) is 3.44. The van der Waals surface area contributed by atoms with E-state index in [4.69, 9.17) is 4.74 Å². The molecule has 29 heavy (non-hydrogen) atoms. The summed E-state index contributed by atoms with van der Waals surface area (Å²) in [7, 11) is 8.39. The van der Waals surface area contributed by atoms with E-state index in [1.54, 1.807) is 0 Å². The van der Waals surface area contributed by atoms with E-state index < -0.39 is 0 Å². The van der Waals surface area contributed by atoms with E-state index in [-0.39, 0.29) is 6.03 Å². The molecule has 6 heteroatoms. The van der Waals surface area contributed by atoms with E-state index in [0.29, 0.717) is 18.4 Å². The van der Waals surface area contributed by atoms with Crippen molar-refractivity contribution < 1.29 is 9.53 Å². The summed E-state index contributed by atoms with van der Waals surface area (Å²) < 4.78 is 5.75. The van der Waals surface area contributed by atoms with E-state index in [1.165, 1.54) is 0 Å². The van der Waals surface area contributed by atoms with Crippen LogP contribution in [0.1, 0.15) is 6.92 Å². The van der Waals surface area contributed by atoms with Crippen molar-refractivity contribution in [2.75, 3.05) is 66.3 Å². The molecule has 0 bridgehead atoms. The van der Waals surface area contributed by atoms with Gasteiger partial charge in [-0.3, -0.25) is 0 Å². The van der Waals surface area contributed by atoms with E-state index >= 15 is 0 Å². The van der Waals surface area contributed by atoms with Gasteiger partial charge in [0.05, 0.1) is 12.3 Å². The highest BCUT2D eigenvalue weighted by Crippen LogP contribution is 2.32. The minimum absolute atomic E-state index is 0.0238. The highest BCUT2D eigenvalue weighted by Gasteiger charge is 2.35. The Balaban J connectivity index is 1.77. The Kier molecular flexibility index (Phi) is 6.98. The number of urea groups is 1. The molecule has 1 aliphatic rings. The zero-order valence-corrected chi connectivity index (χ0v) is 18.3. The average molecular weight is 399 g/mol. The molecule has 1 fully saturated rings. The van der Waals surface area contributed by atoms with Crippen LogP contribution in [0.15, 0.2) is 36.4 Å². The SMILES string of the molecule is CCOc1ccc(NC(=O)N2C[C@@H](CN(C)C)[C@H](CN(C)C)C2)c2ccccc12. The molecule has 0 aliphatic carbocycles. The van der Waals surface area contributed by atoms with Crippen molar-refractivity contribution >= 4 is 22.5 Å². The summed E-state index contributed by atoms with van der Waals surface area (Å²) in [5, 5.41) is 5.17. The Morgan fingerprint density at radius 3 is 2.14 bits per heavy atom. The molecule has 6 nitrogen and oxygen atoms in total. The van der Waals surface area contributed by atoms with Crippen LogP contribution in [0, 0.1) is 11.8 Å². The third kappa shape index (κ3) is 5.19. The number of amides is 2. The number of hydrogen-bond donors (Lipinski definition) is 1. The first-order chi connectivity index (χ1) is 13.9. The van der Waals surface area contributed by atoms with Crippen molar-refractivity contribution in [1.82, 2.24) is 14.7 Å². The minimum atomic E-state index is -0.0238. The number of ether oxygens (including phenoxy) is 1. The lowest BCUT2D eigenvalue weighted by molar-refractivity contribution is 0.218. The molecule has 2 aromatic rings. The van der Waals surface area contributed by atoms with Gasteiger partial charge in [-0.1, -0.05) is 24.3 Å². The van der Waals surface area contributed by atoms with Crippen LogP contribution in [0.3, 0.4) is 0 Å². The fourth-order valence-electron chi connectivity index (χ4n) is 4.31. The molecule has 3 rings (SSSR count). The number of fused-ring (bicyclic) bond motifs is 1. The van der Waals surface area contributed by atoms with Crippen LogP contribution < -0.4 is 10.1 Å². The zero-order valence-electron chi connectivity index (χ0n) is 18.3. The fraction of sp³-hybridized carbons (Fsp3) is 0.522. The number of nitrogens with zero attached hydrogens (tertiary/aromatic N) is 3. The van der Waals surface area contributed by atoms with E-state index in [2.05, 4.69) is 43.3 Å². The molecule has 0 aromatic heterocycles. The maximum Gasteiger partial charge on any atom is 0.321 e. The standard InChI is InChI=1S/C23H34N4O2/c1-6-29-22-12-11-21(19-9-7-8-10-20(19)22)24-23(28)27-15-17(13-25(2)3)18(16-27)14-26(4)5/h7-12,17-18H,6,13-16H2,1-5H3,(H,24,28)/t17-,18-/m1/s1.